The van der Waals surface area contributed by atoms with Crippen molar-refractivity contribution in [1.82, 2.24) is 0 Å². The number of aryl methyl sites for hydroxylation is 1. The monoisotopic (exact) mass is 393 g/mol. The number of fused-ring (bicyclic) bond motifs is 1. The van der Waals surface area contributed by atoms with Gasteiger partial charge in [-0.15, -0.1) is 0 Å². The van der Waals surface area contributed by atoms with Crippen molar-refractivity contribution in [3.63, 3.8) is 0 Å². The van der Waals surface area contributed by atoms with E-state index in [1.54, 1.807) is 36.4 Å². The molecule has 1 saturated carbocycles. The number of para-hydroxylation sites is 2. The van der Waals surface area contributed by atoms with Gasteiger partial charge in [0.25, 0.3) is 0 Å². The second-order valence-corrected chi connectivity index (χ2v) is 7.32. The smallest absolute Gasteiger partial charge is 0.314 e. The normalized spacial score (nSPS) is 15.3. The SMILES string of the molecule is COc1ccccc1NC(=O)C(=O)Nc1ccc2c(c1)N(C(=O)C1CC1)CCC2. The highest BCUT2D eigenvalue weighted by atomic mass is 16.5. The third-order valence-electron chi connectivity index (χ3n) is 5.22. The predicted octanol–water partition coefficient (Wildman–Crippen LogP) is 2.96. The van der Waals surface area contributed by atoms with E-state index in [4.69, 9.17) is 4.74 Å². The van der Waals surface area contributed by atoms with Crippen molar-refractivity contribution in [1.29, 1.82) is 0 Å². The van der Waals surface area contributed by atoms with Crippen molar-refractivity contribution in [2.75, 3.05) is 29.2 Å². The lowest BCUT2D eigenvalue weighted by Gasteiger charge is -2.30. The zero-order valence-corrected chi connectivity index (χ0v) is 16.2. The fourth-order valence-electron chi connectivity index (χ4n) is 3.55. The molecule has 29 heavy (non-hydrogen) atoms. The highest BCUT2D eigenvalue weighted by Crippen LogP contribution is 2.37. The van der Waals surface area contributed by atoms with Crippen LogP contribution in [0.5, 0.6) is 5.75 Å². The fraction of sp³-hybridized carbons (Fsp3) is 0.318. The molecule has 0 spiro atoms. The average molecular weight is 393 g/mol. The molecule has 150 valence electrons. The zero-order chi connectivity index (χ0) is 20.4. The van der Waals surface area contributed by atoms with E-state index in [2.05, 4.69) is 10.6 Å². The van der Waals surface area contributed by atoms with Crippen LogP contribution in [0.2, 0.25) is 0 Å². The lowest BCUT2D eigenvalue weighted by Crippen LogP contribution is -2.36. The summed E-state index contributed by atoms with van der Waals surface area (Å²) in [7, 11) is 1.49. The summed E-state index contributed by atoms with van der Waals surface area (Å²) in [6, 6.07) is 12.3. The van der Waals surface area contributed by atoms with Crippen molar-refractivity contribution < 1.29 is 19.1 Å². The van der Waals surface area contributed by atoms with Crippen LogP contribution >= 0.6 is 0 Å². The van der Waals surface area contributed by atoms with Crippen LogP contribution in [-0.4, -0.2) is 31.4 Å². The summed E-state index contributed by atoms with van der Waals surface area (Å²) in [5.74, 6) is -0.823. The largest absolute Gasteiger partial charge is 0.495 e. The molecule has 1 fully saturated rings. The molecule has 7 nitrogen and oxygen atoms in total. The molecule has 1 heterocycles. The number of carbonyl (C=O) groups is 3. The summed E-state index contributed by atoms with van der Waals surface area (Å²) < 4.78 is 5.18. The maximum absolute atomic E-state index is 12.6. The summed E-state index contributed by atoms with van der Waals surface area (Å²) in [6.07, 6.45) is 3.72. The number of nitrogens with one attached hydrogen (secondary N) is 2. The molecule has 1 aliphatic carbocycles. The van der Waals surface area contributed by atoms with Gasteiger partial charge in [0.2, 0.25) is 5.91 Å². The Bertz CT molecular complexity index is 968. The van der Waals surface area contributed by atoms with Crippen LogP contribution in [0.25, 0.3) is 0 Å². The van der Waals surface area contributed by atoms with E-state index in [0.717, 1.165) is 36.9 Å². The topological polar surface area (TPSA) is 87.7 Å². The van der Waals surface area contributed by atoms with E-state index >= 15 is 0 Å². The predicted molar refractivity (Wildman–Crippen MR) is 110 cm³/mol. The Kier molecular flexibility index (Phi) is 5.20. The molecule has 2 N–H and O–H groups in total. The van der Waals surface area contributed by atoms with Gasteiger partial charge in [-0.25, -0.2) is 0 Å². The molecule has 7 heteroatoms. The number of carbonyl (C=O) groups excluding carboxylic acids is 3. The quantitative estimate of drug-likeness (QED) is 0.782. The molecular weight excluding hydrogens is 370 g/mol. The standard InChI is InChI=1S/C22H23N3O4/c1-29-19-7-3-2-6-17(19)24-21(27)20(26)23-16-11-10-14-5-4-12-25(18(14)13-16)22(28)15-8-9-15/h2-3,6-7,10-11,13,15H,4-5,8-9,12H2,1H3,(H,23,26)(H,24,27). The first-order chi connectivity index (χ1) is 14.1. The van der Waals surface area contributed by atoms with Gasteiger partial charge in [0.15, 0.2) is 0 Å². The zero-order valence-electron chi connectivity index (χ0n) is 16.2. The summed E-state index contributed by atoms with van der Waals surface area (Å²) in [5, 5.41) is 5.18. The molecule has 2 aliphatic rings. The van der Waals surface area contributed by atoms with E-state index in [0.29, 0.717) is 23.7 Å². The lowest BCUT2D eigenvalue weighted by atomic mass is 10.0. The van der Waals surface area contributed by atoms with Crippen LogP contribution in [0.4, 0.5) is 17.1 Å². The Morgan fingerprint density at radius 1 is 1.03 bits per heavy atom. The van der Waals surface area contributed by atoms with Crippen molar-refractivity contribution in [2.24, 2.45) is 5.92 Å². The number of hydrogen-bond donors (Lipinski definition) is 2. The summed E-state index contributed by atoms with van der Waals surface area (Å²) in [5.41, 5.74) is 2.82. The Hall–Kier alpha value is -3.35. The Morgan fingerprint density at radius 3 is 2.55 bits per heavy atom. The number of benzene rings is 2. The number of anilines is 3. The van der Waals surface area contributed by atoms with E-state index < -0.39 is 11.8 Å². The number of ether oxygens (including phenoxy) is 1. The van der Waals surface area contributed by atoms with Gasteiger partial charge in [0.05, 0.1) is 12.8 Å². The minimum Gasteiger partial charge on any atom is -0.495 e. The van der Waals surface area contributed by atoms with E-state index in [1.807, 2.05) is 11.0 Å². The lowest BCUT2D eigenvalue weighted by molar-refractivity contribution is -0.133. The van der Waals surface area contributed by atoms with Crippen molar-refractivity contribution in [3.05, 3.63) is 48.0 Å². The third-order valence-corrected chi connectivity index (χ3v) is 5.22. The highest BCUT2D eigenvalue weighted by Gasteiger charge is 2.35. The van der Waals surface area contributed by atoms with Crippen molar-refractivity contribution in [2.45, 2.75) is 25.7 Å². The molecular formula is C22H23N3O4. The number of nitrogens with zero attached hydrogens (tertiary/aromatic N) is 1. The molecule has 0 atom stereocenters. The minimum absolute atomic E-state index is 0.130. The summed E-state index contributed by atoms with van der Waals surface area (Å²) in [4.78, 5) is 39.1. The fourth-order valence-corrected chi connectivity index (χ4v) is 3.55. The molecule has 2 aromatic carbocycles. The minimum atomic E-state index is -0.793. The second-order valence-electron chi connectivity index (χ2n) is 7.32. The molecule has 0 radical (unpaired) electrons. The Balaban J connectivity index is 1.48. The van der Waals surface area contributed by atoms with Crippen LogP contribution in [0.1, 0.15) is 24.8 Å². The number of amides is 3. The molecule has 0 bridgehead atoms. The Labute approximate surface area is 169 Å². The van der Waals surface area contributed by atoms with Crippen molar-refractivity contribution in [3.8, 4) is 5.75 Å². The molecule has 4 rings (SSSR count). The van der Waals surface area contributed by atoms with Crippen LogP contribution in [-0.2, 0) is 20.8 Å². The van der Waals surface area contributed by atoms with E-state index in [-0.39, 0.29) is 11.8 Å². The van der Waals surface area contributed by atoms with Gasteiger partial charge in [-0.1, -0.05) is 18.2 Å². The van der Waals surface area contributed by atoms with E-state index in [9.17, 15) is 14.4 Å². The van der Waals surface area contributed by atoms with Gasteiger partial charge >= 0.3 is 11.8 Å². The second kappa shape index (κ2) is 7.95. The molecule has 0 saturated heterocycles. The molecule has 1 aliphatic heterocycles. The average Bonchev–Trinajstić information content (AvgIpc) is 3.58. The third kappa shape index (κ3) is 4.08. The van der Waals surface area contributed by atoms with Crippen LogP contribution < -0.4 is 20.3 Å². The molecule has 0 aromatic heterocycles. The highest BCUT2D eigenvalue weighted by molar-refractivity contribution is 6.43. The maximum atomic E-state index is 12.6. The first-order valence-corrected chi connectivity index (χ1v) is 9.76. The van der Waals surface area contributed by atoms with Gasteiger partial charge in [-0.05, 0) is 55.5 Å². The van der Waals surface area contributed by atoms with Crippen LogP contribution in [0.15, 0.2) is 42.5 Å². The van der Waals surface area contributed by atoms with Crippen LogP contribution in [0.3, 0.4) is 0 Å². The molecule has 0 unspecified atom stereocenters. The molecule has 2 aromatic rings. The van der Waals surface area contributed by atoms with Crippen LogP contribution in [0, 0.1) is 5.92 Å². The molecule has 3 amide bonds. The van der Waals surface area contributed by atoms with Gasteiger partial charge in [0.1, 0.15) is 5.75 Å². The summed E-state index contributed by atoms with van der Waals surface area (Å²) in [6.45, 7) is 0.689. The number of hydrogen-bond acceptors (Lipinski definition) is 4. The number of rotatable bonds is 4. The number of methoxy groups -OCH3 is 1. The van der Waals surface area contributed by atoms with Gasteiger partial charge < -0.3 is 20.3 Å². The first kappa shape index (κ1) is 19.0. The van der Waals surface area contributed by atoms with E-state index in [1.165, 1.54) is 7.11 Å². The van der Waals surface area contributed by atoms with Gasteiger partial charge in [-0.3, -0.25) is 14.4 Å². The van der Waals surface area contributed by atoms with Gasteiger partial charge in [-0.2, -0.15) is 0 Å². The van der Waals surface area contributed by atoms with Crippen molar-refractivity contribution >= 4 is 34.8 Å². The maximum Gasteiger partial charge on any atom is 0.314 e. The summed E-state index contributed by atoms with van der Waals surface area (Å²) >= 11 is 0. The first-order valence-electron chi connectivity index (χ1n) is 9.76. The van der Waals surface area contributed by atoms with Gasteiger partial charge in [0, 0.05) is 23.8 Å². The Morgan fingerprint density at radius 2 is 1.79 bits per heavy atom.